The van der Waals surface area contributed by atoms with Crippen LogP contribution in [0.2, 0.25) is 0 Å². The van der Waals surface area contributed by atoms with E-state index in [-0.39, 0.29) is 10.7 Å². The molecule has 0 saturated carbocycles. The molecule has 4 rings (SSSR count). The highest BCUT2D eigenvalue weighted by atomic mass is 32.2. The number of nitrogens with one attached hydrogen (secondary N) is 1. The molecule has 3 aromatic rings. The van der Waals surface area contributed by atoms with Gasteiger partial charge >= 0.3 is 0 Å². The number of sulfonamides is 1. The molecule has 2 heterocycles. The van der Waals surface area contributed by atoms with Gasteiger partial charge < -0.3 is 9.88 Å². The van der Waals surface area contributed by atoms with E-state index in [4.69, 9.17) is 0 Å². The van der Waals surface area contributed by atoms with E-state index in [2.05, 4.69) is 20.9 Å². The minimum Gasteiger partial charge on any atom is -0.340 e. The summed E-state index contributed by atoms with van der Waals surface area (Å²) >= 11 is 0. The number of aromatic nitrogens is 2. The van der Waals surface area contributed by atoms with Crippen LogP contribution >= 0.6 is 0 Å². The predicted octanol–water partition coefficient (Wildman–Crippen LogP) is 2.58. The third kappa shape index (κ3) is 3.41. The van der Waals surface area contributed by atoms with Crippen molar-refractivity contribution < 1.29 is 13.2 Å². The Morgan fingerprint density at radius 1 is 1.07 bits per heavy atom. The maximum atomic E-state index is 13.0. The lowest BCUT2D eigenvalue weighted by atomic mass is 10.2. The van der Waals surface area contributed by atoms with Crippen LogP contribution in [-0.2, 0) is 10.0 Å². The lowest BCUT2D eigenvalue weighted by Crippen LogP contribution is -2.49. The molecule has 0 spiro atoms. The molecule has 0 unspecified atom stereocenters. The molecule has 0 atom stereocenters. The van der Waals surface area contributed by atoms with Crippen LogP contribution in [0.5, 0.6) is 0 Å². The Morgan fingerprint density at radius 2 is 1.82 bits per heavy atom. The van der Waals surface area contributed by atoms with Crippen molar-refractivity contribution in [2.45, 2.75) is 18.7 Å². The zero-order valence-corrected chi connectivity index (χ0v) is 16.7. The van der Waals surface area contributed by atoms with Crippen molar-refractivity contribution in [3.63, 3.8) is 0 Å². The number of hydrogen-bond acceptors (Lipinski definition) is 5. The molecular weight excluding hydrogens is 376 g/mol. The molecule has 1 aromatic heterocycles. The summed E-state index contributed by atoms with van der Waals surface area (Å²) in [6.45, 7) is 5.28. The van der Waals surface area contributed by atoms with E-state index in [1.54, 1.807) is 12.1 Å². The number of aromatic amines is 1. The van der Waals surface area contributed by atoms with E-state index >= 15 is 0 Å². The Labute approximate surface area is 164 Å². The fourth-order valence-electron chi connectivity index (χ4n) is 3.42. The van der Waals surface area contributed by atoms with Gasteiger partial charge in [0.05, 0.1) is 15.9 Å². The third-order valence-corrected chi connectivity index (χ3v) is 6.94. The van der Waals surface area contributed by atoms with Crippen LogP contribution in [-0.4, -0.2) is 54.7 Å². The van der Waals surface area contributed by atoms with Crippen LogP contribution in [0.3, 0.4) is 0 Å². The number of ketones is 1. The Hall–Kier alpha value is -2.71. The highest BCUT2D eigenvalue weighted by molar-refractivity contribution is 7.89. The number of anilines is 1. The number of fused-ring (bicyclic) bond motifs is 1. The molecule has 28 heavy (non-hydrogen) atoms. The average molecular weight is 398 g/mol. The Balaban J connectivity index is 1.51. The van der Waals surface area contributed by atoms with Crippen LogP contribution in [0.25, 0.3) is 11.0 Å². The molecule has 0 radical (unpaired) electrons. The Bertz CT molecular complexity index is 1150. The fraction of sp³-hybridized carbons (Fsp3) is 0.300. The van der Waals surface area contributed by atoms with Gasteiger partial charge in [-0.3, -0.25) is 4.79 Å². The van der Waals surface area contributed by atoms with E-state index in [0.29, 0.717) is 31.7 Å². The molecular formula is C20H22N4O3S. The van der Waals surface area contributed by atoms with Crippen LogP contribution in [0.4, 0.5) is 5.95 Å². The second-order valence-corrected chi connectivity index (χ2v) is 8.99. The molecule has 1 fully saturated rings. The highest BCUT2D eigenvalue weighted by Crippen LogP contribution is 2.23. The number of nitrogens with zero attached hydrogens (tertiary/aromatic N) is 3. The number of H-pyrrole nitrogens is 1. The normalized spacial score (nSPS) is 15.9. The summed E-state index contributed by atoms with van der Waals surface area (Å²) in [4.78, 5) is 21.7. The standard InChI is InChI=1S/C20H22N4O3S/c1-14-6-7-18-19(12-14)22-20(21-18)23-8-10-24(11-9-23)28(26,27)17-5-3-4-16(13-17)15(2)25/h3-7,12-13H,8-11H2,1-2H3,(H,21,22). The lowest BCUT2D eigenvalue weighted by molar-refractivity contribution is 0.101. The molecule has 0 bridgehead atoms. The molecule has 8 heteroatoms. The summed E-state index contributed by atoms with van der Waals surface area (Å²) in [5.74, 6) is 0.609. The second kappa shape index (κ2) is 7.03. The van der Waals surface area contributed by atoms with Gasteiger partial charge in [0, 0.05) is 31.7 Å². The van der Waals surface area contributed by atoms with Gasteiger partial charge in [-0.05, 0) is 43.7 Å². The van der Waals surface area contributed by atoms with Gasteiger partial charge in [-0.2, -0.15) is 4.31 Å². The number of imidazole rings is 1. The molecule has 1 aliphatic heterocycles. The van der Waals surface area contributed by atoms with Crippen molar-refractivity contribution in [1.29, 1.82) is 0 Å². The third-order valence-electron chi connectivity index (χ3n) is 5.04. The van der Waals surface area contributed by atoms with Gasteiger partial charge in [0.15, 0.2) is 5.78 Å². The molecule has 1 saturated heterocycles. The van der Waals surface area contributed by atoms with Crippen molar-refractivity contribution in [2.24, 2.45) is 0 Å². The number of benzene rings is 2. The lowest BCUT2D eigenvalue weighted by Gasteiger charge is -2.33. The van der Waals surface area contributed by atoms with Crippen LogP contribution < -0.4 is 4.90 Å². The van der Waals surface area contributed by atoms with Crippen molar-refractivity contribution >= 4 is 32.8 Å². The van der Waals surface area contributed by atoms with Crippen LogP contribution in [0.1, 0.15) is 22.8 Å². The van der Waals surface area contributed by atoms with Crippen molar-refractivity contribution in [1.82, 2.24) is 14.3 Å². The minimum absolute atomic E-state index is 0.151. The van der Waals surface area contributed by atoms with Gasteiger partial charge in [-0.1, -0.05) is 18.2 Å². The van der Waals surface area contributed by atoms with Crippen molar-refractivity contribution in [2.75, 3.05) is 31.1 Å². The minimum atomic E-state index is -3.63. The zero-order valence-electron chi connectivity index (χ0n) is 15.8. The molecule has 0 amide bonds. The summed E-state index contributed by atoms with van der Waals surface area (Å²) in [5.41, 5.74) is 3.44. The number of aryl methyl sites for hydroxylation is 1. The van der Waals surface area contributed by atoms with Crippen LogP contribution in [0.15, 0.2) is 47.4 Å². The molecule has 2 aromatic carbocycles. The first-order valence-corrected chi connectivity index (χ1v) is 10.6. The first-order valence-electron chi connectivity index (χ1n) is 9.17. The fourth-order valence-corrected chi connectivity index (χ4v) is 4.89. The molecule has 1 aliphatic rings. The topological polar surface area (TPSA) is 86.4 Å². The van der Waals surface area contributed by atoms with E-state index < -0.39 is 10.0 Å². The summed E-state index contributed by atoms with van der Waals surface area (Å²) in [6.07, 6.45) is 0. The summed E-state index contributed by atoms with van der Waals surface area (Å²) in [6, 6.07) is 12.3. The monoisotopic (exact) mass is 398 g/mol. The number of carbonyl (C=O) groups excluding carboxylic acids is 1. The molecule has 7 nitrogen and oxygen atoms in total. The number of rotatable bonds is 4. The van der Waals surface area contributed by atoms with Crippen LogP contribution in [0, 0.1) is 6.92 Å². The smallest absolute Gasteiger partial charge is 0.243 e. The van der Waals surface area contributed by atoms with Gasteiger partial charge in [0.25, 0.3) is 0 Å². The first-order chi connectivity index (χ1) is 13.3. The van der Waals surface area contributed by atoms with Crippen molar-refractivity contribution in [3.05, 3.63) is 53.6 Å². The Kier molecular flexibility index (Phi) is 4.68. The van der Waals surface area contributed by atoms with E-state index in [1.165, 1.54) is 23.4 Å². The number of Topliss-reactive ketones (excluding diaryl/α,β-unsaturated/α-hetero) is 1. The first kappa shape index (κ1) is 18.6. The van der Waals surface area contributed by atoms with E-state index in [0.717, 1.165) is 22.5 Å². The molecule has 1 N–H and O–H groups in total. The quantitative estimate of drug-likeness (QED) is 0.683. The zero-order chi connectivity index (χ0) is 19.9. The highest BCUT2D eigenvalue weighted by Gasteiger charge is 2.29. The number of carbonyl (C=O) groups is 1. The van der Waals surface area contributed by atoms with E-state index in [9.17, 15) is 13.2 Å². The second-order valence-electron chi connectivity index (χ2n) is 7.06. The van der Waals surface area contributed by atoms with E-state index in [1.807, 2.05) is 19.1 Å². The van der Waals surface area contributed by atoms with Gasteiger partial charge in [-0.15, -0.1) is 0 Å². The maximum absolute atomic E-state index is 13.0. The summed E-state index contributed by atoms with van der Waals surface area (Å²) in [7, 11) is -3.63. The van der Waals surface area contributed by atoms with Gasteiger partial charge in [-0.25, -0.2) is 13.4 Å². The predicted molar refractivity (Wildman–Crippen MR) is 108 cm³/mol. The average Bonchev–Trinajstić information content (AvgIpc) is 3.11. The molecule has 146 valence electrons. The van der Waals surface area contributed by atoms with Crippen molar-refractivity contribution in [3.8, 4) is 0 Å². The summed E-state index contributed by atoms with van der Waals surface area (Å²) in [5, 5.41) is 0. The number of hydrogen-bond donors (Lipinski definition) is 1. The molecule has 0 aliphatic carbocycles. The SMILES string of the molecule is CC(=O)c1cccc(S(=O)(=O)N2CCN(c3nc4ccc(C)cc4[nH]3)CC2)c1. The Morgan fingerprint density at radius 3 is 2.54 bits per heavy atom. The maximum Gasteiger partial charge on any atom is 0.243 e. The van der Waals surface area contributed by atoms with Gasteiger partial charge in [0.2, 0.25) is 16.0 Å². The summed E-state index contributed by atoms with van der Waals surface area (Å²) < 4.78 is 27.4. The number of piperazine rings is 1. The largest absolute Gasteiger partial charge is 0.340 e. The van der Waals surface area contributed by atoms with Gasteiger partial charge in [0.1, 0.15) is 0 Å².